The number of carbonyl (C=O) groups is 2. The summed E-state index contributed by atoms with van der Waals surface area (Å²) in [6, 6.07) is 16.6. The number of carbonyl (C=O) groups excluding carboxylic acids is 2. The highest BCUT2D eigenvalue weighted by molar-refractivity contribution is 6.68. The van der Waals surface area contributed by atoms with E-state index < -0.39 is 31.9 Å². The third-order valence-electron chi connectivity index (χ3n) is 3.84. The van der Waals surface area contributed by atoms with Gasteiger partial charge in [-0.05, 0) is 24.3 Å². The van der Waals surface area contributed by atoms with Crippen molar-refractivity contribution in [2.75, 3.05) is 13.2 Å². The van der Waals surface area contributed by atoms with E-state index in [1.165, 1.54) is 0 Å². The van der Waals surface area contributed by atoms with Gasteiger partial charge in [0, 0.05) is 11.1 Å². The Labute approximate surface area is 215 Å². The highest BCUT2D eigenvalue weighted by Gasteiger charge is 2.37. The summed E-state index contributed by atoms with van der Waals surface area (Å²) in [5.74, 6) is -1.01. The summed E-state index contributed by atoms with van der Waals surface area (Å²) in [6.07, 6.45) is -2.59. The molecule has 0 heterocycles. The molecule has 0 fully saturated rings. The van der Waals surface area contributed by atoms with Crippen LogP contribution in [0.4, 0.5) is 0 Å². The van der Waals surface area contributed by atoms with E-state index in [1.807, 2.05) is 0 Å². The molecule has 0 unspecified atom stereocenters. The molecular weight excluding hydrogens is 545 g/mol. The lowest BCUT2D eigenvalue weighted by Crippen LogP contribution is -2.48. The van der Waals surface area contributed by atoms with E-state index in [4.69, 9.17) is 79.1 Å². The van der Waals surface area contributed by atoms with Crippen LogP contribution in [-0.4, -0.2) is 45.1 Å². The minimum Gasteiger partial charge on any atom is -0.351 e. The highest BCUT2D eigenvalue weighted by Crippen LogP contribution is 2.32. The van der Waals surface area contributed by atoms with Gasteiger partial charge in [-0.3, -0.25) is 9.59 Å². The Kier molecular flexibility index (Phi) is 10.6. The molecule has 0 aliphatic heterocycles. The molecule has 0 radical (unpaired) electrons. The number of hydrogen-bond acceptors (Lipinski definition) is 4. The summed E-state index contributed by atoms with van der Waals surface area (Å²) in [6.45, 7) is -0.321. The van der Waals surface area contributed by atoms with Crippen LogP contribution in [0.25, 0.3) is 0 Å². The number of rotatable bonds is 9. The van der Waals surface area contributed by atoms with Crippen LogP contribution in [0.3, 0.4) is 0 Å². The summed E-state index contributed by atoms with van der Waals surface area (Å²) in [4.78, 5) is 24.7. The smallest absolute Gasteiger partial charge is 0.253 e. The maximum absolute atomic E-state index is 12.3. The lowest BCUT2D eigenvalue weighted by molar-refractivity contribution is -0.0345. The fourth-order valence-electron chi connectivity index (χ4n) is 2.35. The van der Waals surface area contributed by atoms with E-state index in [-0.39, 0.29) is 13.2 Å². The Morgan fingerprint density at radius 2 is 0.969 bits per heavy atom. The maximum Gasteiger partial charge on any atom is 0.253 e. The second kappa shape index (κ2) is 12.5. The monoisotopic (exact) mass is 560 g/mol. The van der Waals surface area contributed by atoms with E-state index in [9.17, 15) is 9.59 Å². The fraction of sp³-hybridized carbons (Fsp3) is 0.300. The van der Waals surface area contributed by atoms with Crippen molar-refractivity contribution < 1.29 is 19.1 Å². The van der Waals surface area contributed by atoms with Crippen molar-refractivity contribution in [2.24, 2.45) is 0 Å². The molecule has 174 valence electrons. The zero-order valence-corrected chi connectivity index (χ0v) is 20.8. The number of alkyl halides is 6. The number of benzene rings is 2. The first-order chi connectivity index (χ1) is 15.0. The van der Waals surface area contributed by atoms with Gasteiger partial charge in [0.25, 0.3) is 11.8 Å². The standard InChI is InChI=1S/C20H18Cl6N2O4/c21-19(22,23)17(27-15(29)13-7-3-1-4-8-13)31-11-12-32-18(20(24,25)26)28-16(30)14-9-5-2-6-10-14/h1-10,17-18H,11-12H2,(H,27,29)(H,28,30)/t17-,18-/m1/s1. The summed E-state index contributed by atoms with van der Waals surface area (Å²) in [7, 11) is 0. The van der Waals surface area contributed by atoms with Crippen molar-refractivity contribution >= 4 is 81.4 Å². The first kappa shape index (κ1) is 27.3. The van der Waals surface area contributed by atoms with Gasteiger partial charge < -0.3 is 20.1 Å². The van der Waals surface area contributed by atoms with Gasteiger partial charge in [-0.2, -0.15) is 0 Å². The van der Waals surface area contributed by atoms with Gasteiger partial charge in [-0.25, -0.2) is 0 Å². The Balaban J connectivity index is 1.92. The van der Waals surface area contributed by atoms with Crippen LogP contribution in [0.2, 0.25) is 0 Å². The quantitative estimate of drug-likeness (QED) is 0.248. The predicted octanol–water partition coefficient (Wildman–Crippen LogP) is 5.27. The first-order valence-electron chi connectivity index (χ1n) is 9.07. The Hall–Kier alpha value is -0.960. The molecule has 2 rings (SSSR count). The van der Waals surface area contributed by atoms with Crippen LogP contribution in [0.5, 0.6) is 0 Å². The molecule has 2 aromatic carbocycles. The molecule has 2 amide bonds. The largest absolute Gasteiger partial charge is 0.351 e. The van der Waals surface area contributed by atoms with Crippen molar-refractivity contribution in [3.05, 3.63) is 71.8 Å². The molecule has 0 saturated carbocycles. The van der Waals surface area contributed by atoms with Gasteiger partial charge in [0.05, 0.1) is 13.2 Å². The molecule has 0 spiro atoms. The van der Waals surface area contributed by atoms with E-state index in [1.54, 1.807) is 60.7 Å². The SMILES string of the molecule is O=C(N[C@H](OCCO[C@@H](NC(=O)c1ccccc1)C(Cl)(Cl)Cl)C(Cl)(Cl)Cl)c1ccccc1. The van der Waals surface area contributed by atoms with Crippen LogP contribution < -0.4 is 10.6 Å². The molecule has 6 nitrogen and oxygen atoms in total. The molecule has 2 N–H and O–H groups in total. The van der Waals surface area contributed by atoms with Crippen molar-refractivity contribution in [2.45, 2.75) is 20.0 Å². The molecule has 32 heavy (non-hydrogen) atoms. The van der Waals surface area contributed by atoms with Crippen molar-refractivity contribution in [1.82, 2.24) is 10.6 Å². The van der Waals surface area contributed by atoms with Crippen LogP contribution >= 0.6 is 69.6 Å². The Bertz CT molecular complexity index is 802. The number of halogens is 6. The summed E-state index contributed by atoms with van der Waals surface area (Å²) in [5.41, 5.74) is 0.706. The first-order valence-corrected chi connectivity index (χ1v) is 11.3. The molecule has 0 saturated heterocycles. The zero-order chi connectivity index (χ0) is 23.8. The number of hydrogen-bond donors (Lipinski definition) is 2. The average Bonchev–Trinajstić information content (AvgIpc) is 2.74. The summed E-state index contributed by atoms with van der Waals surface area (Å²) in [5, 5.41) is 4.97. The highest BCUT2D eigenvalue weighted by atomic mass is 35.6. The Morgan fingerprint density at radius 1 is 0.656 bits per heavy atom. The van der Waals surface area contributed by atoms with Crippen molar-refractivity contribution in [3.8, 4) is 0 Å². The fourth-order valence-corrected chi connectivity index (χ4v) is 3.06. The number of amides is 2. The number of nitrogens with one attached hydrogen (secondary N) is 2. The van der Waals surface area contributed by atoms with Crippen molar-refractivity contribution in [3.63, 3.8) is 0 Å². The van der Waals surface area contributed by atoms with Gasteiger partial charge in [0.1, 0.15) is 0 Å². The second-order valence-corrected chi connectivity index (χ2v) is 11.0. The minimum absolute atomic E-state index is 0.161. The Morgan fingerprint density at radius 3 is 1.25 bits per heavy atom. The second-order valence-electron chi connectivity index (χ2n) is 6.26. The average molecular weight is 563 g/mol. The van der Waals surface area contributed by atoms with Gasteiger partial charge in [-0.15, -0.1) is 0 Å². The summed E-state index contributed by atoms with van der Waals surface area (Å²) < 4.78 is 6.97. The van der Waals surface area contributed by atoms with E-state index in [2.05, 4.69) is 10.6 Å². The lowest BCUT2D eigenvalue weighted by atomic mass is 10.2. The van der Waals surface area contributed by atoms with Crippen LogP contribution in [0.1, 0.15) is 20.7 Å². The van der Waals surface area contributed by atoms with E-state index in [0.29, 0.717) is 11.1 Å². The zero-order valence-electron chi connectivity index (χ0n) is 16.2. The van der Waals surface area contributed by atoms with Gasteiger partial charge in [-0.1, -0.05) is 106 Å². The summed E-state index contributed by atoms with van der Waals surface area (Å²) >= 11 is 35.5. The molecule has 0 aliphatic carbocycles. The molecule has 0 aliphatic rings. The number of ether oxygens (including phenoxy) is 2. The van der Waals surface area contributed by atoms with Gasteiger partial charge in [0.2, 0.25) is 7.59 Å². The van der Waals surface area contributed by atoms with Gasteiger partial charge in [0.15, 0.2) is 12.5 Å². The van der Waals surface area contributed by atoms with Crippen LogP contribution in [-0.2, 0) is 9.47 Å². The minimum atomic E-state index is -1.97. The topological polar surface area (TPSA) is 76.7 Å². The third kappa shape index (κ3) is 9.12. The predicted molar refractivity (Wildman–Crippen MR) is 128 cm³/mol. The van der Waals surface area contributed by atoms with Crippen LogP contribution in [0.15, 0.2) is 60.7 Å². The molecule has 2 atom stereocenters. The van der Waals surface area contributed by atoms with Gasteiger partial charge >= 0.3 is 0 Å². The molecule has 2 aromatic rings. The van der Waals surface area contributed by atoms with E-state index >= 15 is 0 Å². The van der Waals surface area contributed by atoms with E-state index in [0.717, 1.165) is 0 Å². The molecule has 12 heteroatoms. The van der Waals surface area contributed by atoms with Crippen molar-refractivity contribution in [1.29, 1.82) is 0 Å². The maximum atomic E-state index is 12.3. The van der Waals surface area contributed by atoms with Crippen LogP contribution in [0, 0.1) is 0 Å². The third-order valence-corrected chi connectivity index (χ3v) is 5.03. The molecule has 0 bridgehead atoms. The lowest BCUT2D eigenvalue weighted by Gasteiger charge is -2.28. The molecular formula is C20H18Cl6N2O4. The molecule has 0 aromatic heterocycles. The normalized spacial score (nSPS) is 13.8.